The maximum atomic E-state index is 5.90. The summed E-state index contributed by atoms with van der Waals surface area (Å²) in [6.07, 6.45) is 0.902. The van der Waals surface area contributed by atoms with Crippen LogP contribution < -0.4 is 5.73 Å². The molecule has 0 atom stereocenters. The summed E-state index contributed by atoms with van der Waals surface area (Å²) < 4.78 is 1.12. The Hall–Kier alpha value is 0.490. The lowest BCUT2D eigenvalue weighted by Gasteiger charge is -2.02. The summed E-state index contributed by atoms with van der Waals surface area (Å²) in [6.45, 7) is 0.677. The first-order valence-corrected chi connectivity index (χ1v) is 4.84. The van der Waals surface area contributed by atoms with Gasteiger partial charge in [-0.2, -0.15) is 0 Å². The maximum absolute atomic E-state index is 5.90. The fourth-order valence-corrected chi connectivity index (χ4v) is 1.72. The minimum absolute atomic E-state index is 0. The van der Waals surface area contributed by atoms with Crippen LogP contribution in [0.1, 0.15) is 5.56 Å². The molecule has 0 amide bonds. The number of nitrogens with two attached hydrogens (primary N) is 1. The summed E-state index contributed by atoms with van der Waals surface area (Å²) in [5.41, 5.74) is 6.67. The van der Waals surface area contributed by atoms with Crippen molar-refractivity contribution in [3.8, 4) is 0 Å². The van der Waals surface area contributed by atoms with Gasteiger partial charge in [0.05, 0.1) is 5.02 Å². The maximum Gasteiger partial charge on any atom is 0.0542 e. The Labute approximate surface area is 97.2 Å². The van der Waals surface area contributed by atoms with Gasteiger partial charge in [-0.15, -0.1) is 12.4 Å². The van der Waals surface area contributed by atoms with Gasteiger partial charge < -0.3 is 5.73 Å². The summed E-state index contributed by atoms with van der Waals surface area (Å²) in [5, 5.41) is 0.816. The molecule has 0 aliphatic carbocycles. The van der Waals surface area contributed by atoms with Gasteiger partial charge in [0.15, 0.2) is 0 Å². The molecule has 0 unspecified atom stereocenters. The quantitative estimate of drug-likeness (QED) is 0.834. The zero-order chi connectivity index (χ0) is 8.27. The highest BCUT2D eigenvalue weighted by Crippen LogP contribution is 2.21. The van der Waals surface area contributed by atoms with Crippen LogP contribution in [0.2, 0.25) is 5.02 Å². The van der Waals surface area contributed by atoms with Crippen LogP contribution in [0.3, 0.4) is 0 Å². The monoisotopic (exact) mass is 317 g/mol. The van der Waals surface area contributed by atoms with Crippen LogP contribution in [0.5, 0.6) is 0 Å². The highest BCUT2D eigenvalue weighted by Gasteiger charge is 2.01. The second-order valence-electron chi connectivity index (χ2n) is 2.25. The molecule has 0 radical (unpaired) electrons. The van der Waals surface area contributed by atoms with Crippen LogP contribution in [-0.2, 0) is 6.42 Å². The number of halogens is 3. The van der Waals surface area contributed by atoms with Crippen LogP contribution in [0.4, 0.5) is 0 Å². The van der Waals surface area contributed by atoms with Crippen molar-refractivity contribution in [2.24, 2.45) is 5.73 Å². The highest BCUT2D eigenvalue weighted by molar-refractivity contribution is 14.1. The Morgan fingerprint density at radius 1 is 1.42 bits per heavy atom. The number of hydrogen-bond donors (Lipinski definition) is 1. The highest BCUT2D eigenvalue weighted by atomic mass is 127. The lowest BCUT2D eigenvalue weighted by Crippen LogP contribution is -2.03. The summed E-state index contributed by atoms with van der Waals surface area (Å²) in [6, 6.07) is 5.90. The van der Waals surface area contributed by atoms with Crippen molar-refractivity contribution in [2.75, 3.05) is 6.54 Å². The molecule has 0 saturated carbocycles. The molecule has 1 rings (SSSR count). The second-order valence-corrected chi connectivity index (χ2v) is 3.74. The second kappa shape index (κ2) is 6.02. The van der Waals surface area contributed by atoms with E-state index in [0.717, 1.165) is 15.0 Å². The zero-order valence-electron chi connectivity index (χ0n) is 6.39. The smallest absolute Gasteiger partial charge is 0.0542 e. The van der Waals surface area contributed by atoms with Crippen LogP contribution in [-0.4, -0.2) is 6.54 Å². The third-order valence-electron chi connectivity index (χ3n) is 1.45. The average molecular weight is 318 g/mol. The fraction of sp³-hybridized carbons (Fsp3) is 0.250. The predicted octanol–water partition coefficient (Wildman–Crippen LogP) is 2.87. The molecule has 1 aromatic carbocycles. The fourth-order valence-electron chi connectivity index (χ4n) is 0.897. The molecule has 0 bridgehead atoms. The molecule has 4 heteroatoms. The first-order valence-electron chi connectivity index (χ1n) is 3.38. The van der Waals surface area contributed by atoms with Gasteiger partial charge >= 0.3 is 0 Å². The summed E-state index contributed by atoms with van der Waals surface area (Å²) in [4.78, 5) is 0. The Morgan fingerprint density at radius 3 is 2.67 bits per heavy atom. The minimum atomic E-state index is 0. The molecule has 12 heavy (non-hydrogen) atoms. The Kier molecular flexibility index (Phi) is 6.27. The van der Waals surface area contributed by atoms with E-state index in [1.54, 1.807) is 0 Å². The van der Waals surface area contributed by atoms with E-state index in [0.29, 0.717) is 6.54 Å². The molecule has 0 aliphatic rings. The van der Waals surface area contributed by atoms with Gasteiger partial charge in [-0.05, 0) is 47.2 Å². The minimum Gasteiger partial charge on any atom is -0.330 e. The van der Waals surface area contributed by atoms with E-state index < -0.39 is 0 Å². The summed E-state index contributed by atoms with van der Waals surface area (Å²) >= 11 is 8.14. The molecule has 0 spiro atoms. The Bertz CT molecular complexity index is 253. The molecule has 0 heterocycles. The van der Waals surface area contributed by atoms with Crippen molar-refractivity contribution < 1.29 is 0 Å². The number of benzene rings is 1. The molecule has 0 aliphatic heterocycles. The van der Waals surface area contributed by atoms with Crippen LogP contribution in [0.15, 0.2) is 18.2 Å². The van der Waals surface area contributed by atoms with Crippen molar-refractivity contribution in [2.45, 2.75) is 6.42 Å². The average Bonchev–Trinajstić information content (AvgIpc) is 1.99. The lowest BCUT2D eigenvalue weighted by atomic mass is 10.2. The normalized spacial score (nSPS) is 9.25. The molecule has 0 aromatic heterocycles. The van der Waals surface area contributed by atoms with Gasteiger partial charge in [-0.1, -0.05) is 23.7 Å². The van der Waals surface area contributed by atoms with E-state index >= 15 is 0 Å². The molecule has 1 nitrogen and oxygen atoms in total. The van der Waals surface area contributed by atoms with Gasteiger partial charge in [0.2, 0.25) is 0 Å². The summed E-state index contributed by atoms with van der Waals surface area (Å²) in [5.74, 6) is 0. The molecule has 68 valence electrons. The standard InChI is InChI=1S/C8H9ClIN.ClH/c9-7-3-1-2-6(4-5-11)8(7)10;/h1-3H,4-5,11H2;1H. The van der Waals surface area contributed by atoms with Crippen molar-refractivity contribution in [3.63, 3.8) is 0 Å². The van der Waals surface area contributed by atoms with Crippen molar-refractivity contribution in [1.29, 1.82) is 0 Å². The zero-order valence-corrected chi connectivity index (χ0v) is 10.1. The van der Waals surface area contributed by atoms with Gasteiger partial charge in [-0.25, -0.2) is 0 Å². The van der Waals surface area contributed by atoms with E-state index in [2.05, 4.69) is 28.7 Å². The first kappa shape index (κ1) is 12.5. The van der Waals surface area contributed by atoms with Gasteiger partial charge in [0.25, 0.3) is 0 Å². The van der Waals surface area contributed by atoms with E-state index in [1.807, 2.05) is 12.1 Å². The van der Waals surface area contributed by atoms with E-state index in [4.69, 9.17) is 17.3 Å². The third-order valence-corrected chi connectivity index (χ3v) is 3.35. The molecule has 0 fully saturated rings. The topological polar surface area (TPSA) is 26.0 Å². The third kappa shape index (κ3) is 3.09. The van der Waals surface area contributed by atoms with Gasteiger partial charge in [0, 0.05) is 3.57 Å². The molecular weight excluding hydrogens is 308 g/mol. The lowest BCUT2D eigenvalue weighted by molar-refractivity contribution is 0.963. The van der Waals surface area contributed by atoms with Crippen molar-refractivity contribution >= 4 is 46.6 Å². The number of rotatable bonds is 2. The Balaban J connectivity index is 0.00000121. The Morgan fingerprint density at radius 2 is 2.08 bits per heavy atom. The SMILES string of the molecule is Cl.NCCc1cccc(Cl)c1I. The molecule has 2 N–H and O–H groups in total. The summed E-state index contributed by atoms with van der Waals surface area (Å²) in [7, 11) is 0. The number of hydrogen-bond acceptors (Lipinski definition) is 1. The van der Waals surface area contributed by atoms with Crippen molar-refractivity contribution in [3.05, 3.63) is 32.4 Å². The molecule has 1 aromatic rings. The molecule has 0 saturated heterocycles. The van der Waals surface area contributed by atoms with E-state index in [9.17, 15) is 0 Å². The van der Waals surface area contributed by atoms with Crippen LogP contribution in [0.25, 0.3) is 0 Å². The van der Waals surface area contributed by atoms with E-state index in [-0.39, 0.29) is 12.4 Å². The largest absolute Gasteiger partial charge is 0.330 e. The predicted molar refractivity (Wildman–Crippen MR) is 64.2 cm³/mol. The first-order chi connectivity index (χ1) is 5.25. The van der Waals surface area contributed by atoms with Crippen LogP contribution >= 0.6 is 46.6 Å². The molecular formula is C8H10Cl2IN. The van der Waals surface area contributed by atoms with Crippen LogP contribution in [0, 0.1) is 3.57 Å². The van der Waals surface area contributed by atoms with Crippen molar-refractivity contribution in [1.82, 2.24) is 0 Å². The van der Waals surface area contributed by atoms with Gasteiger partial charge in [-0.3, -0.25) is 0 Å². The van der Waals surface area contributed by atoms with Gasteiger partial charge in [0.1, 0.15) is 0 Å². The van der Waals surface area contributed by atoms with E-state index in [1.165, 1.54) is 5.56 Å².